The van der Waals surface area contributed by atoms with Crippen LogP contribution in [0, 0.1) is 0 Å². The number of nitrogens with one attached hydrogen (secondary N) is 2. The predicted octanol–water partition coefficient (Wildman–Crippen LogP) is 1.30. The van der Waals surface area contributed by atoms with Crippen molar-refractivity contribution >= 4 is 17.7 Å². The lowest BCUT2D eigenvalue weighted by molar-refractivity contribution is -0.144. The highest BCUT2D eigenvalue weighted by molar-refractivity contribution is 7.99. The molecule has 1 aromatic heterocycles. The van der Waals surface area contributed by atoms with Crippen molar-refractivity contribution in [3.63, 3.8) is 0 Å². The molecule has 0 aliphatic heterocycles. The van der Waals surface area contributed by atoms with Crippen molar-refractivity contribution in [3.8, 4) is 0 Å². The van der Waals surface area contributed by atoms with Crippen LogP contribution < -0.4 is 11.0 Å². The fourth-order valence-corrected chi connectivity index (χ4v) is 3.32. The largest absolute Gasteiger partial charge is 0.480 e. The van der Waals surface area contributed by atoms with Crippen molar-refractivity contribution in [3.05, 3.63) is 10.5 Å². The highest BCUT2D eigenvalue weighted by Gasteiger charge is 2.34. The Morgan fingerprint density at radius 1 is 1.57 bits per heavy atom. The third kappa shape index (κ3) is 4.60. The summed E-state index contributed by atoms with van der Waals surface area (Å²) in [6.07, 6.45) is 1.32. The van der Waals surface area contributed by atoms with Crippen LogP contribution in [0.5, 0.6) is 0 Å². The fourth-order valence-electron chi connectivity index (χ4n) is 2.10. The van der Waals surface area contributed by atoms with Gasteiger partial charge in [0.1, 0.15) is 5.54 Å². The molecule has 8 heteroatoms. The third-order valence-electron chi connectivity index (χ3n) is 3.28. The SMILES string of the molecule is CCCNC(C)(CC(C)Sc1n[nH]c(=O)n1CC)C(=O)O. The van der Waals surface area contributed by atoms with Gasteiger partial charge in [0.05, 0.1) is 0 Å². The van der Waals surface area contributed by atoms with Crippen LogP contribution in [-0.4, -0.2) is 43.2 Å². The molecule has 0 amide bonds. The molecule has 7 nitrogen and oxygen atoms in total. The van der Waals surface area contributed by atoms with E-state index in [1.807, 2.05) is 20.8 Å². The average Bonchev–Trinajstić information content (AvgIpc) is 2.76. The lowest BCUT2D eigenvalue weighted by Gasteiger charge is -2.28. The van der Waals surface area contributed by atoms with Crippen LogP contribution in [0.3, 0.4) is 0 Å². The Hall–Kier alpha value is -1.28. The van der Waals surface area contributed by atoms with Gasteiger partial charge in [-0.25, -0.2) is 9.89 Å². The summed E-state index contributed by atoms with van der Waals surface area (Å²) in [6.45, 7) is 8.70. The minimum atomic E-state index is -0.976. The Balaban J connectivity index is 2.76. The number of aromatic nitrogens is 3. The molecule has 2 unspecified atom stereocenters. The second-order valence-corrected chi connectivity index (χ2v) is 6.66. The zero-order valence-corrected chi connectivity index (χ0v) is 13.8. The minimum absolute atomic E-state index is 0.0101. The molecule has 120 valence electrons. The van der Waals surface area contributed by atoms with Crippen LogP contribution in [0.25, 0.3) is 0 Å². The molecular weight excluding hydrogens is 292 g/mol. The number of hydrogen-bond acceptors (Lipinski definition) is 5. The first-order valence-corrected chi connectivity index (χ1v) is 8.02. The topological polar surface area (TPSA) is 100 Å². The fraction of sp³-hybridized carbons (Fsp3) is 0.769. The van der Waals surface area contributed by atoms with Crippen molar-refractivity contribution in [2.24, 2.45) is 0 Å². The number of carboxylic acids is 1. The molecule has 0 aromatic carbocycles. The minimum Gasteiger partial charge on any atom is -0.480 e. The van der Waals surface area contributed by atoms with Gasteiger partial charge in [-0.2, -0.15) is 0 Å². The number of rotatable bonds is 9. The van der Waals surface area contributed by atoms with E-state index >= 15 is 0 Å². The van der Waals surface area contributed by atoms with Gasteiger partial charge in [-0.3, -0.25) is 9.36 Å². The Morgan fingerprint density at radius 3 is 2.76 bits per heavy atom. The Morgan fingerprint density at radius 2 is 2.24 bits per heavy atom. The molecule has 2 atom stereocenters. The van der Waals surface area contributed by atoms with Gasteiger partial charge in [-0.05, 0) is 33.2 Å². The van der Waals surface area contributed by atoms with Crippen LogP contribution in [0.2, 0.25) is 0 Å². The number of H-pyrrole nitrogens is 1. The molecule has 0 saturated heterocycles. The second kappa shape index (κ2) is 7.65. The third-order valence-corrected chi connectivity index (χ3v) is 4.37. The Kier molecular flexibility index (Phi) is 6.47. The van der Waals surface area contributed by atoms with Gasteiger partial charge >= 0.3 is 11.7 Å². The first-order valence-electron chi connectivity index (χ1n) is 7.14. The number of hydrogen-bond donors (Lipinski definition) is 3. The summed E-state index contributed by atoms with van der Waals surface area (Å²) in [5, 5.41) is 19.5. The van der Waals surface area contributed by atoms with E-state index in [-0.39, 0.29) is 10.9 Å². The van der Waals surface area contributed by atoms with Gasteiger partial charge in [0.2, 0.25) is 0 Å². The average molecular weight is 316 g/mol. The molecule has 0 saturated carbocycles. The van der Waals surface area contributed by atoms with Crippen molar-refractivity contribution in [2.75, 3.05) is 6.54 Å². The molecule has 0 bridgehead atoms. The van der Waals surface area contributed by atoms with Gasteiger partial charge in [-0.15, -0.1) is 5.10 Å². The second-order valence-electron chi connectivity index (χ2n) is 5.25. The highest BCUT2D eigenvalue weighted by atomic mass is 32.2. The van der Waals surface area contributed by atoms with Crippen molar-refractivity contribution < 1.29 is 9.90 Å². The normalized spacial score (nSPS) is 15.6. The zero-order valence-electron chi connectivity index (χ0n) is 13.0. The maximum Gasteiger partial charge on any atom is 0.343 e. The molecule has 1 rings (SSSR count). The van der Waals surface area contributed by atoms with Crippen molar-refractivity contribution in [1.82, 2.24) is 20.1 Å². The summed E-state index contributed by atoms with van der Waals surface area (Å²) in [5.74, 6) is -0.863. The van der Waals surface area contributed by atoms with E-state index in [1.165, 1.54) is 11.8 Å². The smallest absolute Gasteiger partial charge is 0.343 e. The quantitative estimate of drug-likeness (QED) is 0.594. The summed E-state index contributed by atoms with van der Waals surface area (Å²) < 4.78 is 1.54. The van der Waals surface area contributed by atoms with E-state index in [0.717, 1.165) is 6.42 Å². The number of carboxylic acid groups (broad SMARTS) is 1. The molecule has 0 aliphatic carbocycles. The lowest BCUT2D eigenvalue weighted by Crippen LogP contribution is -2.51. The van der Waals surface area contributed by atoms with Crippen LogP contribution >= 0.6 is 11.8 Å². The van der Waals surface area contributed by atoms with Gasteiger partial charge in [0, 0.05) is 11.8 Å². The summed E-state index contributed by atoms with van der Waals surface area (Å²) in [4.78, 5) is 23.0. The molecule has 1 heterocycles. The zero-order chi connectivity index (χ0) is 16.0. The Bertz CT molecular complexity index is 528. The van der Waals surface area contributed by atoms with Gasteiger partial charge in [-0.1, -0.05) is 25.6 Å². The number of thioether (sulfide) groups is 1. The monoisotopic (exact) mass is 316 g/mol. The Labute approximate surface area is 128 Å². The lowest BCUT2D eigenvalue weighted by atomic mass is 9.96. The standard InChI is InChI=1S/C13H24N4O3S/c1-5-7-14-13(4,10(18)19)8-9(3)21-12-16-15-11(20)17(12)6-2/h9,14H,5-8H2,1-4H3,(H,15,20)(H,18,19). The predicted molar refractivity (Wildman–Crippen MR) is 82.8 cm³/mol. The maximum absolute atomic E-state index is 11.5. The van der Waals surface area contributed by atoms with E-state index in [9.17, 15) is 14.7 Å². The molecule has 0 radical (unpaired) electrons. The summed E-state index contributed by atoms with van der Waals surface area (Å²) in [6, 6.07) is 0. The molecular formula is C13H24N4O3S. The van der Waals surface area contributed by atoms with Crippen LogP contribution in [-0.2, 0) is 11.3 Å². The molecule has 0 aliphatic rings. The van der Waals surface area contributed by atoms with Gasteiger partial charge in [0.15, 0.2) is 5.16 Å². The van der Waals surface area contributed by atoms with Crippen molar-refractivity contribution in [2.45, 2.75) is 63.0 Å². The maximum atomic E-state index is 11.5. The molecule has 0 fully saturated rings. The highest BCUT2D eigenvalue weighted by Crippen LogP contribution is 2.27. The first kappa shape index (κ1) is 17.8. The molecule has 21 heavy (non-hydrogen) atoms. The van der Waals surface area contributed by atoms with E-state index in [2.05, 4.69) is 15.5 Å². The van der Waals surface area contributed by atoms with E-state index in [4.69, 9.17) is 0 Å². The van der Waals surface area contributed by atoms with E-state index in [0.29, 0.717) is 24.7 Å². The summed E-state index contributed by atoms with van der Waals surface area (Å²) >= 11 is 1.41. The number of carbonyl (C=O) groups is 1. The summed E-state index contributed by atoms with van der Waals surface area (Å²) in [5.41, 5.74) is -1.21. The van der Waals surface area contributed by atoms with Gasteiger partial charge < -0.3 is 10.4 Å². The number of aliphatic carboxylic acids is 1. The van der Waals surface area contributed by atoms with Crippen molar-refractivity contribution in [1.29, 1.82) is 0 Å². The molecule has 1 aromatic rings. The molecule has 3 N–H and O–H groups in total. The van der Waals surface area contributed by atoms with Gasteiger partial charge in [0.25, 0.3) is 0 Å². The number of aromatic amines is 1. The first-order chi connectivity index (χ1) is 9.84. The summed E-state index contributed by atoms with van der Waals surface area (Å²) in [7, 11) is 0. The van der Waals surface area contributed by atoms with E-state index < -0.39 is 11.5 Å². The number of nitrogens with zero attached hydrogens (tertiary/aromatic N) is 2. The van der Waals surface area contributed by atoms with Crippen LogP contribution in [0.1, 0.15) is 40.5 Å². The van der Waals surface area contributed by atoms with Crippen LogP contribution in [0.4, 0.5) is 0 Å². The van der Waals surface area contributed by atoms with Crippen LogP contribution in [0.15, 0.2) is 9.95 Å². The van der Waals surface area contributed by atoms with E-state index in [1.54, 1.807) is 11.5 Å². The molecule has 0 spiro atoms.